The Balaban J connectivity index is 2.44. The lowest BCUT2D eigenvalue weighted by Gasteiger charge is -2.14. The molecule has 21 heavy (non-hydrogen) atoms. The Morgan fingerprint density at radius 2 is 1.81 bits per heavy atom. The standard InChI is InChI=1S/C16H18FNO2S/c1-4-13-7-5-6-11(2)16(13)18-21(19,20)14-8-9-15(17)12(3)10-14/h5-10,18H,4H2,1-3H3. The van der Waals surface area contributed by atoms with Crippen molar-refractivity contribution in [1.29, 1.82) is 0 Å². The van der Waals surface area contributed by atoms with Gasteiger partial charge in [0.1, 0.15) is 5.82 Å². The van der Waals surface area contributed by atoms with Crippen LogP contribution < -0.4 is 4.72 Å². The lowest BCUT2D eigenvalue weighted by molar-refractivity contribution is 0.598. The molecule has 0 saturated carbocycles. The summed E-state index contributed by atoms with van der Waals surface area (Å²) in [5, 5.41) is 0. The van der Waals surface area contributed by atoms with Gasteiger partial charge in [0, 0.05) is 0 Å². The summed E-state index contributed by atoms with van der Waals surface area (Å²) in [5.74, 6) is -0.418. The van der Waals surface area contributed by atoms with E-state index in [0.29, 0.717) is 11.3 Å². The molecule has 5 heteroatoms. The van der Waals surface area contributed by atoms with Gasteiger partial charge in [0.25, 0.3) is 10.0 Å². The van der Waals surface area contributed by atoms with Crippen molar-refractivity contribution in [2.24, 2.45) is 0 Å². The molecule has 0 heterocycles. The molecule has 2 rings (SSSR count). The minimum atomic E-state index is -3.72. The Morgan fingerprint density at radius 1 is 1.10 bits per heavy atom. The van der Waals surface area contributed by atoms with Crippen molar-refractivity contribution < 1.29 is 12.8 Å². The van der Waals surface area contributed by atoms with Crippen molar-refractivity contribution in [3.8, 4) is 0 Å². The first-order valence-electron chi connectivity index (χ1n) is 6.72. The molecular weight excluding hydrogens is 289 g/mol. The van der Waals surface area contributed by atoms with Crippen LogP contribution in [0.1, 0.15) is 23.6 Å². The monoisotopic (exact) mass is 307 g/mol. The lowest BCUT2D eigenvalue weighted by atomic mass is 10.1. The molecule has 0 aliphatic carbocycles. The summed E-state index contributed by atoms with van der Waals surface area (Å²) in [6.45, 7) is 5.36. The number of para-hydroxylation sites is 1. The van der Waals surface area contributed by atoms with Gasteiger partial charge in [0.2, 0.25) is 0 Å². The average Bonchev–Trinajstić information content (AvgIpc) is 2.43. The molecule has 0 aliphatic rings. The van der Waals surface area contributed by atoms with Gasteiger partial charge in [-0.1, -0.05) is 25.1 Å². The zero-order valence-electron chi connectivity index (χ0n) is 12.3. The third-order valence-corrected chi connectivity index (χ3v) is 4.76. The third kappa shape index (κ3) is 3.24. The molecule has 0 amide bonds. The molecule has 0 fully saturated rings. The van der Waals surface area contributed by atoms with E-state index in [9.17, 15) is 12.8 Å². The van der Waals surface area contributed by atoms with Gasteiger partial charge in [-0.25, -0.2) is 12.8 Å². The Morgan fingerprint density at radius 3 is 2.43 bits per heavy atom. The molecule has 1 N–H and O–H groups in total. The van der Waals surface area contributed by atoms with E-state index in [1.807, 2.05) is 32.0 Å². The smallest absolute Gasteiger partial charge is 0.261 e. The summed E-state index contributed by atoms with van der Waals surface area (Å²) in [6.07, 6.45) is 0.724. The number of benzene rings is 2. The van der Waals surface area contributed by atoms with Crippen molar-refractivity contribution in [2.45, 2.75) is 32.1 Å². The van der Waals surface area contributed by atoms with Crippen LogP contribution in [-0.2, 0) is 16.4 Å². The van der Waals surface area contributed by atoms with Crippen molar-refractivity contribution in [3.63, 3.8) is 0 Å². The van der Waals surface area contributed by atoms with Crippen molar-refractivity contribution in [3.05, 3.63) is 58.9 Å². The van der Waals surface area contributed by atoms with Gasteiger partial charge < -0.3 is 0 Å². The zero-order valence-corrected chi connectivity index (χ0v) is 13.1. The van der Waals surface area contributed by atoms with E-state index >= 15 is 0 Å². The largest absolute Gasteiger partial charge is 0.279 e. The molecule has 0 bridgehead atoms. The van der Waals surface area contributed by atoms with Gasteiger partial charge in [-0.2, -0.15) is 0 Å². The Bertz CT molecular complexity index is 770. The minimum absolute atomic E-state index is 0.0618. The van der Waals surface area contributed by atoms with Crippen LogP contribution in [0.25, 0.3) is 0 Å². The van der Waals surface area contributed by atoms with E-state index in [1.165, 1.54) is 18.2 Å². The second kappa shape index (κ2) is 5.85. The van der Waals surface area contributed by atoms with Crippen LogP contribution in [-0.4, -0.2) is 8.42 Å². The van der Waals surface area contributed by atoms with Gasteiger partial charge in [0.15, 0.2) is 0 Å². The average molecular weight is 307 g/mol. The van der Waals surface area contributed by atoms with Crippen LogP contribution in [0.5, 0.6) is 0 Å². The number of hydrogen-bond acceptors (Lipinski definition) is 2. The zero-order chi connectivity index (χ0) is 15.6. The van der Waals surface area contributed by atoms with E-state index in [0.717, 1.165) is 17.5 Å². The van der Waals surface area contributed by atoms with Crippen LogP contribution >= 0.6 is 0 Å². The van der Waals surface area contributed by atoms with Crippen LogP contribution in [0, 0.1) is 19.7 Å². The summed E-state index contributed by atoms with van der Waals surface area (Å²) < 4.78 is 40.8. The first kappa shape index (κ1) is 15.5. The molecule has 3 nitrogen and oxygen atoms in total. The van der Waals surface area contributed by atoms with Gasteiger partial charge in [-0.05, 0) is 55.2 Å². The quantitative estimate of drug-likeness (QED) is 0.933. The predicted octanol–water partition coefficient (Wildman–Crippen LogP) is 3.81. The van der Waals surface area contributed by atoms with Gasteiger partial charge in [-0.3, -0.25) is 4.72 Å². The maximum Gasteiger partial charge on any atom is 0.261 e. The number of rotatable bonds is 4. The fourth-order valence-corrected chi connectivity index (χ4v) is 3.40. The first-order chi connectivity index (χ1) is 9.85. The molecule has 0 saturated heterocycles. The molecule has 2 aromatic rings. The van der Waals surface area contributed by atoms with E-state index < -0.39 is 15.8 Å². The molecular formula is C16H18FNO2S. The van der Waals surface area contributed by atoms with Crippen molar-refractivity contribution >= 4 is 15.7 Å². The highest BCUT2D eigenvalue weighted by atomic mass is 32.2. The van der Waals surface area contributed by atoms with Gasteiger partial charge >= 0.3 is 0 Å². The number of halogens is 1. The van der Waals surface area contributed by atoms with Crippen LogP contribution in [0.3, 0.4) is 0 Å². The Kier molecular flexibility index (Phi) is 4.32. The summed E-state index contributed by atoms with van der Waals surface area (Å²) >= 11 is 0. The number of sulfonamides is 1. The number of nitrogens with one attached hydrogen (secondary N) is 1. The molecule has 0 unspecified atom stereocenters. The summed E-state index contributed by atoms with van der Waals surface area (Å²) in [6, 6.07) is 9.42. The fourth-order valence-electron chi connectivity index (χ4n) is 2.15. The van der Waals surface area contributed by atoms with E-state index in [2.05, 4.69) is 4.72 Å². The number of aryl methyl sites for hydroxylation is 3. The molecule has 0 aliphatic heterocycles. The minimum Gasteiger partial charge on any atom is -0.279 e. The highest BCUT2D eigenvalue weighted by Gasteiger charge is 2.17. The molecule has 112 valence electrons. The van der Waals surface area contributed by atoms with Crippen molar-refractivity contribution in [1.82, 2.24) is 0 Å². The molecule has 0 atom stereocenters. The molecule has 0 radical (unpaired) electrons. The fraction of sp³-hybridized carbons (Fsp3) is 0.250. The number of hydrogen-bond donors (Lipinski definition) is 1. The second-order valence-corrected chi connectivity index (χ2v) is 6.66. The third-order valence-electron chi connectivity index (χ3n) is 3.42. The Labute approximate surface area is 124 Å². The van der Waals surface area contributed by atoms with Gasteiger partial charge in [-0.15, -0.1) is 0 Å². The predicted molar refractivity (Wildman–Crippen MR) is 82.5 cm³/mol. The number of anilines is 1. The maximum absolute atomic E-state index is 13.3. The summed E-state index contributed by atoms with van der Waals surface area (Å²) in [7, 11) is -3.72. The summed E-state index contributed by atoms with van der Waals surface area (Å²) in [5.41, 5.74) is 2.69. The topological polar surface area (TPSA) is 46.2 Å². The summed E-state index contributed by atoms with van der Waals surface area (Å²) in [4.78, 5) is 0.0618. The molecule has 2 aromatic carbocycles. The highest BCUT2D eigenvalue weighted by molar-refractivity contribution is 7.92. The highest BCUT2D eigenvalue weighted by Crippen LogP contribution is 2.25. The van der Waals surface area contributed by atoms with E-state index in [-0.39, 0.29) is 4.90 Å². The van der Waals surface area contributed by atoms with Crippen molar-refractivity contribution in [2.75, 3.05) is 4.72 Å². The first-order valence-corrected chi connectivity index (χ1v) is 8.21. The lowest BCUT2D eigenvalue weighted by Crippen LogP contribution is -2.15. The second-order valence-electron chi connectivity index (χ2n) is 4.98. The van der Waals surface area contributed by atoms with Crippen LogP contribution in [0.2, 0.25) is 0 Å². The molecule has 0 aromatic heterocycles. The Hall–Kier alpha value is -1.88. The van der Waals surface area contributed by atoms with Gasteiger partial charge in [0.05, 0.1) is 10.6 Å². The maximum atomic E-state index is 13.3. The van der Waals surface area contributed by atoms with E-state index in [1.54, 1.807) is 6.92 Å². The van der Waals surface area contributed by atoms with Crippen LogP contribution in [0.4, 0.5) is 10.1 Å². The molecule has 0 spiro atoms. The van der Waals surface area contributed by atoms with E-state index in [4.69, 9.17) is 0 Å². The normalized spacial score (nSPS) is 11.4. The SMILES string of the molecule is CCc1cccc(C)c1NS(=O)(=O)c1ccc(F)c(C)c1. The van der Waals surface area contributed by atoms with Crippen LogP contribution in [0.15, 0.2) is 41.3 Å².